The van der Waals surface area contributed by atoms with Crippen LogP contribution in [0.1, 0.15) is 72.6 Å². The van der Waals surface area contributed by atoms with Gasteiger partial charge in [0, 0.05) is 0 Å². The van der Waals surface area contributed by atoms with Gasteiger partial charge in [-0.3, -0.25) is 0 Å². The van der Waals surface area contributed by atoms with Gasteiger partial charge in [-0.15, -0.1) is 0 Å². The Morgan fingerprint density at radius 3 is 2.07 bits per heavy atom. The lowest BCUT2D eigenvalue weighted by Crippen LogP contribution is -2.27. The highest BCUT2D eigenvalue weighted by molar-refractivity contribution is 4.80. The van der Waals surface area contributed by atoms with Crippen molar-refractivity contribution in [1.29, 1.82) is 0 Å². The van der Waals surface area contributed by atoms with Gasteiger partial charge < -0.3 is 0 Å². The lowest BCUT2D eigenvalue weighted by Gasteiger charge is -2.37. The van der Waals surface area contributed by atoms with E-state index in [1.54, 1.807) is 0 Å². The molecule has 0 saturated heterocycles. The Morgan fingerprint density at radius 1 is 1.00 bits per heavy atom. The second-order valence-electron chi connectivity index (χ2n) is 5.83. The standard InChI is InChI=1S/C15H30/c1-5-12(3)10-11-13(4)15(6-2)14-8-7-9-14/h12-15H,5-11H2,1-4H3. The van der Waals surface area contributed by atoms with Crippen molar-refractivity contribution in [3.8, 4) is 0 Å². The molecule has 15 heavy (non-hydrogen) atoms. The fourth-order valence-electron chi connectivity index (χ4n) is 3.03. The number of hydrogen-bond donors (Lipinski definition) is 0. The average molecular weight is 210 g/mol. The van der Waals surface area contributed by atoms with Gasteiger partial charge in [-0.1, -0.05) is 72.6 Å². The Balaban J connectivity index is 2.26. The molecule has 1 saturated carbocycles. The summed E-state index contributed by atoms with van der Waals surface area (Å²) in [7, 11) is 0. The van der Waals surface area contributed by atoms with Crippen molar-refractivity contribution in [2.24, 2.45) is 23.7 Å². The van der Waals surface area contributed by atoms with Crippen LogP contribution in [0.3, 0.4) is 0 Å². The normalized spacial score (nSPS) is 23.2. The van der Waals surface area contributed by atoms with Crippen molar-refractivity contribution in [3.63, 3.8) is 0 Å². The highest BCUT2D eigenvalue weighted by atomic mass is 14.3. The molecule has 0 heterocycles. The van der Waals surface area contributed by atoms with Crippen LogP contribution >= 0.6 is 0 Å². The van der Waals surface area contributed by atoms with Crippen molar-refractivity contribution in [2.45, 2.75) is 72.6 Å². The van der Waals surface area contributed by atoms with Gasteiger partial charge in [0.2, 0.25) is 0 Å². The summed E-state index contributed by atoms with van der Waals surface area (Å²) < 4.78 is 0. The van der Waals surface area contributed by atoms with Crippen LogP contribution in [0.5, 0.6) is 0 Å². The molecular formula is C15H30. The number of hydrogen-bond acceptors (Lipinski definition) is 0. The minimum atomic E-state index is 0.936. The minimum absolute atomic E-state index is 0.936. The predicted molar refractivity (Wildman–Crippen MR) is 69.0 cm³/mol. The van der Waals surface area contributed by atoms with Gasteiger partial charge in [0.15, 0.2) is 0 Å². The van der Waals surface area contributed by atoms with E-state index in [0.29, 0.717) is 0 Å². The van der Waals surface area contributed by atoms with Gasteiger partial charge in [0.1, 0.15) is 0 Å². The van der Waals surface area contributed by atoms with Crippen molar-refractivity contribution in [3.05, 3.63) is 0 Å². The fraction of sp³-hybridized carbons (Fsp3) is 1.00. The molecule has 90 valence electrons. The fourth-order valence-corrected chi connectivity index (χ4v) is 3.03. The van der Waals surface area contributed by atoms with E-state index in [2.05, 4.69) is 27.7 Å². The summed E-state index contributed by atoms with van der Waals surface area (Å²) in [5, 5.41) is 0. The molecule has 0 N–H and O–H groups in total. The van der Waals surface area contributed by atoms with Crippen LogP contribution < -0.4 is 0 Å². The van der Waals surface area contributed by atoms with E-state index in [0.717, 1.165) is 23.7 Å². The second-order valence-corrected chi connectivity index (χ2v) is 5.83. The first-order valence-electron chi connectivity index (χ1n) is 7.19. The lowest BCUT2D eigenvalue weighted by atomic mass is 9.69. The molecule has 0 aliphatic heterocycles. The third kappa shape index (κ3) is 3.81. The van der Waals surface area contributed by atoms with Gasteiger partial charge in [0.05, 0.1) is 0 Å². The molecule has 1 aliphatic carbocycles. The molecular weight excluding hydrogens is 180 g/mol. The van der Waals surface area contributed by atoms with Crippen LogP contribution in [0.15, 0.2) is 0 Å². The molecule has 0 spiro atoms. The Hall–Kier alpha value is 0. The van der Waals surface area contributed by atoms with Crippen LogP contribution in [0, 0.1) is 23.7 Å². The van der Waals surface area contributed by atoms with Gasteiger partial charge in [0.25, 0.3) is 0 Å². The first-order valence-corrected chi connectivity index (χ1v) is 7.19. The Labute approximate surface area is 96.8 Å². The van der Waals surface area contributed by atoms with E-state index in [1.807, 2.05) is 0 Å². The van der Waals surface area contributed by atoms with E-state index < -0.39 is 0 Å². The first-order chi connectivity index (χ1) is 7.19. The van der Waals surface area contributed by atoms with Crippen LogP contribution in [-0.2, 0) is 0 Å². The van der Waals surface area contributed by atoms with Gasteiger partial charge >= 0.3 is 0 Å². The molecule has 0 nitrogen and oxygen atoms in total. The van der Waals surface area contributed by atoms with Gasteiger partial charge in [-0.05, 0) is 23.7 Å². The molecule has 1 rings (SSSR count). The zero-order chi connectivity index (χ0) is 11.3. The van der Waals surface area contributed by atoms with E-state index >= 15 is 0 Å². The summed E-state index contributed by atoms with van der Waals surface area (Å²) in [4.78, 5) is 0. The Bertz CT molecular complexity index is 157. The Morgan fingerprint density at radius 2 is 1.67 bits per heavy atom. The summed E-state index contributed by atoms with van der Waals surface area (Å²) in [6, 6.07) is 0. The maximum absolute atomic E-state index is 2.49. The quantitative estimate of drug-likeness (QED) is 0.536. The lowest BCUT2D eigenvalue weighted by molar-refractivity contribution is 0.137. The van der Waals surface area contributed by atoms with Crippen LogP contribution in [0.4, 0.5) is 0 Å². The largest absolute Gasteiger partial charge is 0.0651 e. The van der Waals surface area contributed by atoms with E-state index in [4.69, 9.17) is 0 Å². The summed E-state index contributed by atoms with van der Waals surface area (Å²) in [6.07, 6.45) is 10.2. The van der Waals surface area contributed by atoms with Crippen molar-refractivity contribution in [2.75, 3.05) is 0 Å². The number of rotatable bonds is 7. The maximum atomic E-state index is 2.49. The van der Waals surface area contributed by atoms with Gasteiger partial charge in [-0.25, -0.2) is 0 Å². The van der Waals surface area contributed by atoms with Crippen molar-refractivity contribution in [1.82, 2.24) is 0 Å². The molecule has 0 bridgehead atoms. The SMILES string of the molecule is CCC(C)CCC(C)C(CC)C1CCC1. The molecule has 0 radical (unpaired) electrons. The molecule has 0 aromatic carbocycles. The zero-order valence-corrected chi connectivity index (χ0v) is 11.3. The first kappa shape index (κ1) is 13.1. The zero-order valence-electron chi connectivity index (χ0n) is 11.3. The average Bonchev–Trinajstić information content (AvgIpc) is 2.18. The molecule has 1 aliphatic rings. The molecule has 0 aromatic rings. The molecule has 0 amide bonds. The topological polar surface area (TPSA) is 0 Å². The van der Waals surface area contributed by atoms with Gasteiger partial charge in [-0.2, -0.15) is 0 Å². The molecule has 0 aromatic heterocycles. The highest BCUT2D eigenvalue weighted by Crippen LogP contribution is 2.40. The van der Waals surface area contributed by atoms with Crippen LogP contribution in [0.25, 0.3) is 0 Å². The van der Waals surface area contributed by atoms with E-state index in [1.165, 1.54) is 44.9 Å². The summed E-state index contributed by atoms with van der Waals surface area (Å²) >= 11 is 0. The monoisotopic (exact) mass is 210 g/mol. The third-order valence-electron chi connectivity index (χ3n) is 4.77. The van der Waals surface area contributed by atoms with Crippen molar-refractivity contribution < 1.29 is 0 Å². The molecule has 0 heteroatoms. The summed E-state index contributed by atoms with van der Waals surface area (Å²) in [5.41, 5.74) is 0. The summed E-state index contributed by atoms with van der Waals surface area (Å²) in [5.74, 6) is 4.02. The Kier molecular flexibility index (Phi) is 5.71. The predicted octanol–water partition coefficient (Wildman–Crippen LogP) is 5.28. The maximum Gasteiger partial charge on any atom is -0.0363 e. The minimum Gasteiger partial charge on any atom is -0.0651 e. The summed E-state index contributed by atoms with van der Waals surface area (Å²) in [6.45, 7) is 9.60. The highest BCUT2D eigenvalue weighted by Gasteiger charge is 2.29. The van der Waals surface area contributed by atoms with E-state index in [-0.39, 0.29) is 0 Å². The second kappa shape index (κ2) is 6.55. The molecule has 3 unspecified atom stereocenters. The van der Waals surface area contributed by atoms with E-state index in [9.17, 15) is 0 Å². The van der Waals surface area contributed by atoms with Crippen LogP contribution in [0.2, 0.25) is 0 Å². The van der Waals surface area contributed by atoms with Crippen molar-refractivity contribution >= 4 is 0 Å². The smallest absolute Gasteiger partial charge is 0.0363 e. The molecule has 3 atom stereocenters. The molecule has 1 fully saturated rings. The third-order valence-corrected chi connectivity index (χ3v) is 4.77. The van der Waals surface area contributed by atoms with Crippen LogP contribution in [-0.4, -0.2) is 0 Å².